The van der Waals surface area contributed by atoms with Gasteiger partial charge in [-0.05, 0) is 19.8 Å². The highest BCUT2D eigenvalue weighted by atomic mass is 16.5. The maximum atomic E-state index is 11.8. The van der Waals surface area contributed by atoms with E-state index in [1.807, 2.05) is 6.92 Å². The molecule has 0 aliphatic rings. The quantitative estimate of drug-likeness (QED) is 0.420. The van der Waals surface area contributed by atoms with E-state index in [9.17, 15) is 5.11 Å². The summed E-state index contributed by atoms with van der Waals surface area (Å²) in [6.07, 6.45) is 11.2. The summed E-state index contributed by atoms with van der Waals surface area (Å²) in [6, 6.07) is 0. The van der Waals surface area contributed by atoms with E-state index >= 15 is 0 Å². The Balaban J connectivity index is 3.31. The SMILES string of the molecule is CCCCCCCCOC(C)C([O])CCCCC. The Morgan fingerprint density at radius 2 is 1.39 bits per heavy atom. The average Bonchev–Trinajstić information content (AvgIpc) is 2.37. The predicted octanol–water partition coefficient (Wildman–Crippen LogP) is 5.13. The van der Waals surface area contributed by atoms with Crippen LogP contribution in [0.3, 0.4) is 0 Å². The van der Waals surface area contributed by atoms with E-state index in [0.29, 0.717) is 0 Å². The first kappa shape index (κ1) is 17.9. The van der Waals surface area contributed by atoms with Crippen LogP contribution in [0.2, 0.25) is 0 Å². The van der Waals surface area contributed by atoms with Crippen molar-refractivity contribution in [1.82, 2.24) is 0 Å². The van der Waals surface area contributed by atoms with Crippen molar-refractivity contribution in [3.8, 4) is 0 Å². The zero-order chi connectivity index (χ0) is 13.6. The monoisotopic (exact) mass is 257 g/mol. The minimum Gasteiger partial charge on any atom is -0.376 e. The summed E-state index contributed by atoms with van der Waals surface area (Å²) in [4.78, 5) is 0. The Morgan fingerprint density at radius 3 is 2.06 bits per heavy atom. The van der Waals surface area contributed by atoms with Crippen LogP contribution < -0.4 is 0 Å². The van der Waals surface area contributed by atoms with E-state index in [2.05, 4.69) is 13.8 Å². The molecule has 0 aliphatic heterocycles. The fraction of sp³-hybridized carbons (Fsp3) is 1.00. The smallest absolute Gasteiger partial charge is 0.119 e. The van der Waals surface area contributed by atoms with Crippen LogP contribution in [-0.2, 0) is 9.84 Å². The van der Waals surface area contributed by atoms with Gasteiger partial charge in [0.2, 0.25) is 0 Å². The fourth-order valence-corrected chi connectivity index (χ4v) is 2.09. The molecular formula is C16H33O2. The summed E-state index contributed by atoms with van der Waals surface area (Å²) >= 11 is 0. The molecule has 0 aromatic rings. The first-order chi connectivity index (χ1) is 8.72. The molecule has 0 aromatic heterocycles. The fourth-order valence-electron chi connectivity index (χ4n) is 2.09. The molecule has 0 spiro atoms. The van der Waals surface area contributed by atoms with Crippen molar-refractivity contribution in [1.29, 1.82) is 0 Å². The van der Waals surface area contributed by atoms with Gasteiger partial charge in [-0.3, -0.25) is 0 Å². The van der Waals surface area contributed by atoms with Crippen molar-refractivity contribution < 1.29 is 9.84 Å². The lowest BCUT2D eigenvalue weighted by atomic mass is 10.1. The van der Waals surface area contributed by atoms with Crippen LogP contribution in [-0.4, -0.2) is 18.8 Å². The molecule has 1 radical (unpaired) electrons. The van der Waals surface area contributed by atoms with E-state index in [-0.39, 0.29) is 6.10 Å². The second-order valence-corrected chi connectivity index (χ2v) is 5.38. The van der Waals surface area contributed by atoms with Gasteiger partial charge in [0.25, 0.3) is 0 Å². The summed E-state index contributed by atoms with van der Waals surface area (Å²) in [5, 5.41) is 11.8. The molecule has 2 unspecified atom stereocenters. The zero-order valence-corrected chi connectivity index (χ0v) is 12.7. The van der Waals surface area contributed by atoms with Gasteiger partial charge in [-0.1, -0.05) is 65.2 Å². The first-order valence-electron chi connectivity index (χ1n) is 7.99. The Morgan fingerprint density at radius 1 is 0.833 bits per heavy atom. The van der Waals surface area contributed by atoms with Gasteiger partial charge in [-0.25, -0.2) is 5.11 Å². The van der Waals surface area contributed by atoms with Crippen LogP contribution in [0.1, 0.15) is 85.0 Å². The van der Waals surface area contributed by atoms with Crippen molar-refractivity contribution in [2.75, 3.05) is 6.61 Å². The highest BCUT2D eigenvalue weighted by molar-refractivity contribution is 4.63. The second-order valence-electron chi connectivity index (χ2n) is 5.38. The van der Waals surface area contributed by atoms with Crippen LogP contribution in [0.4, 0.5) is 0 Å². The minimum atomic E-state index is -0.531. The molecule has 2 nitrogen and oxygen atoms in total. The maximum Gasteiger partial charge on any atom is 0.119 e. The summed E-state index contributed by atoms with van der Waals surface area (Å²) in [5.74, 6) is 0. The second kappa shape index (κ2) is 13.4. The van der Waals surface area contributed by atoms with Crippen LogP contribution >= 0.6 is 0 Å². The molecule has 0 saturated heterocycles. The molecule has 0 heterocycles. The topological polar surface area (TPSA) is 29.1 Å². The van der Waals surface area contributed by atoms with Gasteiger partial charge >= 0.3 is 0 Å². The van der Waals surface area contributed by atoms with Crippen LogP contribution in [0.25, 0.3) is 0 Å². The Hall–Kier alpha value is -0.0800. The molecule has 0 aromatic carbocycles. The van der Waals surface area contributed by atoms with Gasteiger partial charge < -0.3 is 4.74 Å². The lowest BCUT2D eigenvalue weighted by molar-refractivity contribution is -0.0628. The molecule has 18 heavy (non-hydrogen) atoms. The summed E-state index contributed by atoms with van der Waals surface area (Å²) in [5.41, 5.74) is 0. The molecule has 2 heteroatoms. The van der Waals surface area contributed by atoms with Crippen molar-refractivity contribution in [3.05, 3.63) is 0 Å². The molecule has 0 rings (SSSR count). The van der Waals surface area contributed by atoms with Gasteiger partial charge in [0.15, 0.2) is 0 Å². The van der Waals surface area contributed by atoms with Crippen molar-refractivity contribution in [3.63, 3.8) is 0 Å². The molecule has 0 fully saturated rings. The lowest BCUT2D eigenvalue weighted by Crippen LogP contribution is -2.25. The van der Waals surface area contributed by atoms with E-state index in [1.165, 1.54) is 44.9 Å². The number of unbranched alkanes of at least 4 members (excludes halogenated alkanes) is 7. The van der Waals surface area contributed by atoms with Crippen molar-refractivity contribution in [2.24, 2.45) is 0 Å². The van der Waals surface area contributed by atoms with E-state index in [1.54, 1.807) is 0 Å². The third-order valence-corrected chi connectivity index (χ3v) is 3.49. The summed E-state index contributed by atoms with van der Waals surface area (Å²) in [7, 11) is 0. The molecule has 109 valence electrons. The maximum absolute atomic E-state index is 11.8. The number of rotatable bonds is 13. The Kier molecular flexibility index (Phi) is 13.3. The number of hydrogen-bond donors (Lipinski definition) is 0. The molecule has 0 N–H and O–H groups in total. The zero-order valence-electron chi connectivity index (χ0n) is 12.7. The van der Waals surface area contributed by atoms with Crippen LogP contribution in [0.5, 0.6) is 0 Å². The molecule has 0 saturated carbocycles. The van der Waals surface area contributed by atoms with Crippen molar-refractivity contribution >= 4 is 0 Å². The standard InChI is InChI=1S/C16H33O2/c1-4-6-8-9-10-12-14-18-15(3)16(17)13-11-7-5-2/h15-16H,4-14H2,1-3H3. The summed E-state index contributed by atoms with van der Waals surface area (Å²) in [6.45, 7) is 7.09. The molecular weight excluding hydrogens is 224 g/mol. The Labute approximate surface area is 114 Å². The highest BCUT2D eigenvalue weighted by Gasteiger charge is 2.15. The third kappa shape index (κ3) is 11.0. The minimum absolute atomic E-state index is 0.113. The van der Waals surface area contributed by atoms with Gasteiger partial charge in [0.1, 0.15) is 6.10 Å². The highest BCUT2D eigenvalue weighted by Crippen LogP contribution is 2.11. The largest absolute Gasteiger partial charge is 0.376 e. The molecule has 0 amide bonds. The van der Waals surface area contributed by atoms with Crippen molar-refractivity contribution in [2.45, 2.75) is 97.2 Å². The van der Waals surface area contributed by atoms with Crippen LogP contribution in [0, 0.1) is 0 Å². The van der Waals surface area contributed by atoms with Crippen LogP contribution in [0.15, 0.2) is 0 Å². The average molecular weight is 257 g/mol. The van der Waals surface area contributed by atoms with Gasteiger partial charge in [0, 0.05) is 6.61 Å². The third-order valence-electron chi connectivity index (χ3n) is 3.49. The molecule has 2 atom stereocenters. The number of hydrogen-bond acceptors (Lipinski definition) is 1. The number of ether oxygens (including phenoxy) is 1. The normalized spacial score (nSPS) is 14.7. The van der Waals surface area contributed by atoms with Gasteiger partial charge in [-0.15, -0.1) is 0 Å². The van der Waals surface area contributed by atoms with Gasteiger partial charge in [-0.2, -0.15) is 0 Å². The van der Waals surface area contributed by atoms with E-state index in [0.717, 1.165) is 25.9 Å². The van der Waals surface area contributed by atoms with Gasteiger partial charge in [0.05, 0.1) is 6.10 Å². The summed E-state index contributed by atoms with van der Waals surface area (Å²) < 4.78 is 5.63. The Bertz CT molecular complexity index is 159. The molecule has 0 aliphatic carbocycles. The lowest BCUT2D eigenvalue weighted by Gasteiger charge is -2.17. The predicted molar refractivity (Wildman–Crippen MR) is 77.4 cm³/mol. The molecule has 0 bridgehead atoms. The first-order valence-corrected chi connectivity index (χ1v) is 7.99. The van der Waals surface area contributed by atoms with E-state index in [4.69, 9.17) is 4.74 Å². The van der Waals surface area contributed by atoms with E-state index < -0.39 is 6.10 Å².